The molecule has 9 heteroatoms. The molecule has 0 spiro atoms. The largest absolute Gasteiger partial charge is 0.461 e. The first-order chi connectivity index (χ1) is 6.88. The Morgan fingerprint density at radius 3 is 2.13 bits per heavy atom. The lowest BCUT2D eigenvalue weighted by molar-refractivity contribution is -0.135. The number of carbonyl (C=O) groups is 1. The summed E-state index contributed by atoms with van der Waals surface area (Å²) < 4.78 is 40.4. The Morgan fingerprint density at radius 1 is 1.33 bits per heavy atom. The molecule has 0 saturated carbocycles. The Bertz CT molecular complexity index is 297. The molecule has 15 heavy (non-hydrogen) atoms. The van der Waals surface area contributed by atoms with E-state index < -0.39 is 23.6 Å². The minimum Gasteiger partial charge on any atom is -0.461 e. The third-order valence-electron chi connectivity index (χ3n) is 1.16. The summed E-state index contributed by atoms with van der Waals surface area (Å²) in [6, 6.07) is 0. The highest BCUT2D eigenvalue weighted by atomic mass is 19.4. The number of rotatable bonds is 3. The first-order valence-electron chi connectivity index (χ1n) is 3.57. The molecule has 2 N–H and O–H groups in total. The summed E-state index contributed by atoms with van der Waals surface area (Å²) in [5.74, 6) is -1.54. The van der Waals surface area contributed by atoms with Gasteiger partial charge in [-0.2, -0.15) is 13.2 Å². The lowest BCUT2D eigenvalue weighted by Gasteiger charge is -2.08. The van der Waals surface area contributed by atoms with E-state index in [4.69, 9.17) is 10.4 Å². The van der Waals surface area contributed by atoms with E-state index in [0.717, 1.165) is 0 Å². The molecule has 0 saturated heterocycles. The Hall–Kier alpha value is -1.80. The number of carbonyl (C=O) groups excluding carboxylic acids is 1. The van der Waals surface area contributed by atoms with Crippen molar-refractivity contribution >= 4 is 17.4 Å². The van der Waals surface area contributed by atoms with Gasteiger partial charge in [0.2, 0.25) is 11.4 Å². The second kappa shape index (κ2) is 5.17. The Morgan fingerprint density at radius 2 is 1.87 bits per heavy atom. The highest BCUT2D eigenvalue weighted by molar-refractivity contribution is 6.66. The Balaban J connectivity index is 5.07. The van der Waals surface area contributed by atoms with Crippen LogP contribution in [-0.4, -0.2) is 40.6 Å². The first-order valence-corrected chi connectivity index (χ1v) is 3.57. The SMILES string of the molecule is CCOC(=O)C(=N\O)/C(=N/O)C(F)(F)F. The topological polar surface area (TPSA) is 91.5 Å². The molecule has 0 fully saturated rings. The van der Waals surface area contributed by atoms with Gasteiger partial charge in [-0.15, -0.1) is 0 Å². The van der Waals surface area contributed by atoms with Crippen molar-refractivity contribution in [1.29, 1.82) is 0 Å². The summed E-state index contributed by atoms with van der Waals surface area (Å²) in [5.41, 5.74) is -3.53. The van der Waals surface area contributed by atoms with E-state index in [-0.39, 0.29) is 6.61 Å². The minimum atomic E-state index is -5.12. The van der Waals surface area contributed by atoms with Gasteiger partial charge in [-0.3, -0.25) is 0 Å². The van der Waals surface area contributed by atoms with Crippen LogP contribution in [0.25, 0.3) is 0 Å². The van der Waals surface area contributed by atoms with Gasteiger partial charge in [0.25, 0.3) is 0 Å². The predicted octanol–water partition coefficient (Wildman–Crippen LogP) is 0.772. The van der Waals surface area contributed by atoms with Crippen LogP contribution in [0.1, 0.15) is 6.92 Å². The van der Waals surface area contributed by atoms with Crippen LogP contribution in [0.5, 0.6) is 0 Å². The first kappa shape index (κ1) is 13.2. The van der Waals surface area contributed by atoms with Crippen molar-refractivity contribution in [2.75, 3.05) is 6.61 Å². The molecule has 0 amide bonds. The zero-order valence-corrected chi connectivity index (χ0v) is 7.45. The third kappa shape index (κ3) is 3.44. The molecular formula is C6H7F3N2O4. The van der Waals surface area contributed by atoms with Crippen LogP contribution in [0.2, 0.25) is 0 Å². The van der Waals surface area contributed by atoms with Crippen molar-refractivity contribution in [1.82, 2.24) is 0 Å². The highest BCUT2D eigenvalue weighted by Crippen LogP contribution is 2.18. The van der Waals surface area contributed by atoms with E-state index >= 15 is 0 Å². The molecule has 0 atom stereocenters. The van der Waals surface area contributed by atoms with Crippen molar-refractivity contribution in [2.45, 2.75) is 13.1 Å². The van der Waals surface area contributed by atoms with E-state index in [1.165, 1.54) is 6.92 Å². The molecule has 0 bridgehead atoms. The monoisotopic (exact) mass is 228 g/mol. The quantitative estimate of drug-likeness (QED) is 0.323. The zero-order chi connectivity index (χ0) is 12.1. The summed E-state index contributed by atoms with van der Waals surface area (Å²) in [7, 11) is 0. The van der Waals surface area contributed by atoms with E-state index in [2.05, 4.69) is 9.89 Å². The summed E-state index contributed by atoms with van der Waals surface area (Å²) in [4.78, 5) is 10.8. The molecule has 0 aliphatic rings. The van der Waals surface area contributed by atoms with Crippen molar-refractivity contribution in [3.8, 4) is 0 Å². The number of ether oxygens (including phenoxy) is 1. The standard InChI is InChI=1S/C6H7F3N2O4/c1-2-15-5(12)3(10-13)4(11-14)6(7,8)9/h13-14H,2H2,1H3/b10-3-,11-4-. The van der Waals surface area contributed by atoms with Crippen LogP contribution in [0.15, 0.2) is 10.3 Å². The third-order valence-corrected chi connectivity index (χ3v) is 1.16. The summed E-state index contributed by atoms with van der Waals surface area (Å²) in [6.07, 6.45) is -5.12. The molecular weight excluding hydrogens is 221 g/mol. The summed E-state index contributed by atoms with van der Waals surface area (Å²) in [6.45, 7) is 1.13. The van der Waals surface area contributed by atoms with Crippen molar-refractivity contribution in [3.05, 3.63) is 0 Å². The van der Waals surface area contributed by atoms with Crippen molar-refractivity contribution in [2.24, 2.45) is 10.3 Å². The van der Waals surface area contributed by atoms with Crippen LogP contribution < -0.4 is 0 Å². The van der Waals surface area contributed by atoms with E-state index in [1.807, 2.05) is 5.16 Å². The van der Waals surface area contributed by atoms with Gasteiger partial charge in [0, 0.05) is 0 Å². The molecule has 0 aromatic carbocycles. The van der Waals surface area contributed by atoms with E-state index in [0.29, 0.717) is 0 Å². The van der Waals surface area contributed by atoms with Gasteiger partial charge in [-0.1, -0.05) is 10.3 Å². The average Bonchev–Trinajstić information content (AvgIpc) is 2.11. The lowest BCUT2D eigenvalue weighted by atomic mass is 10.2. The number of hydrogen-bond donors (Lipinski definition) is 2. The smallest absolute Gasteiger partial charge is 0.439 e. The molecule has 6 nitrogen and oxygen atoms in total. The van der Waals surface area contributed by atoms with E-state index in [1.54, 1.807) is 0 Å². The number of esters is 1. The van der Waals surface area contributed by atoms with Gasteiger partial charge in [0.15, 0.2) is 0 Å². The fourth-order valence-corrected chi connectivity index (χ4v) is 0.623. The zero-order valence-electron chi connectivity index (χ0n) is 7.45. The molecule has 0 aromatic heterocycles. The number of alkyl halides is 3. The van der Waals surface area contributed by atoms with Gasteiger partial charge >= 0.3 is 12.1 Å². The van der Waals surface area contributed by atoms with Crippen LogP contribution in [-0.2, 0) is 9.53 Å². The Labute approximate surface area is 81.6 Å². The van der Waals surface area contributed by atoms with Gasteiger partial charge < -0.3 is 15.2 Å². The molecule has 0 unspecified atom stereocenters. The second-order valence-corrected chi connectivity index (χ2v) is 2.12. The average molecular weight is 228 g/mol. The molecule has 0 aliphatic carbocycles. The van der Waals surface area contributed by atoms with Crippen molar-refractivity contribution in [3.63, 3.8) is 0 Å². The van der Waals surface area contributed by atoms with Gasteiger partial charge in [-0.05, 0) is 6.92 Å². The molecule has 0 heterocycles. The van der Waals surface area contributed by atoms with Crippen molar-refractivity contribution < 1.29 is 33.1 Å². The minimum absolute atomic E-state index is 0.214. The van der Waals surface area contributed by atoms with Gasteiger partial charge in [-0.25, -0.2) is 4.79 Å². The van der Waals surface area contributed by atoms with E-state index in [9.17, 15) is 18.0 Å². The van der Waals surface area contributed by atoms with Gasteiger partial charge in [0.05, 0.1) is 6.61 Å². The number of hydrogen-bond acceptors (Lipinski definition) is 6. The van der Waals surface area contributed by atoms with Gasteiger partial charge in [0.1, 0.15) is 0 Å². The molecule has 0 aliphatic heterocycles. The molecule has 86 valence electrons. The number of nitrogens with zero attached hydrogens (tertiary/aromatic N) is 2. The normalized spacial score (nSPS) is 13.9. The summed E-state index contributed by atoms with van der Waals surface area (Å²) in [5, 5.41) is 20.1. The maximum atomic E-state index is 12.1. The fourth-order valence-electron chi connectivity index (χ4n) is 0.623. The maximum Gasteiger partial charge on any atom is 0.439 e. The number of halogens is 3. The van der Waals surface area contributed by atoms with Crippen LogP contribution in [0.3, 0.4) is 0 Å². The number of oxime groups is 2. The van der Waals surface area contributed by atoms with Crippen LogP contribution in [0.4, 0.5) is 13.2 Å². The Kier molecular flexibility index (Phi) is 4.55. The fraction of sp³-hybridized carbons (Fsp3) is 0.500. The highest BCUT2D eigenvalue weighted by Gasteiger charge is 2.43. The summed E-state index contributed by atoms with van der Waals surface area (Å²) >= 11 is 0. The molecule has 0 rings (SSSR count). The molecule has 0 aromatic rings. The lowest BCUT2D eigenvalue weighted by Crippen LogP contribution is -2.37. The maximum absolute atomic E-state index is 12.1. The van der Waals surface area contributed by atoms with Crippen LogP contribution >= 0.6 is 0 Å². The second-order valence-electron chi connectivity index (χ2n) is 2.12. The molecule has 0 radical (unpaired) electrons. The predicted molar refractivity (Wildman–Crippen MR) is 41.1 cm³/mol. The van der Waals surface area contributed by atoms with Crippen LogP contribution in [0, 0.1) is 0 Å².